The fourth-order valence-corrected chi connectivity index (χ4v) is 1.58. The van der Waals surface area contributed by atoms with Crippen LogP contribution in [-0.4, -0.2) is 35.8 Å². The number of nitrogens with zero attached hydrogens (tertiary/aromatic N) is 1. The zero-order valence-electron chi connectivity index (χ0n) is 9.09. The topological polar surface area (TPSA) is 63.7 Å². The smallest absolute Gasteiger partial charge is 0.417 e. The number of cyclic esters (lactones) is 1. The van der Waals surface area contributed by atoms with Gasteiger partial charge in [-0.05, 0) is 0 Å². The fourth-order valence-electron chi connectivity index (χ4n) is 1.58. The van der Waals surface area contributed by atoms with E-state index in [-0.39, 0.29) is 25.4 Å². The van der Waals surface area contributed by atoms with E-state index < -0.39 is 12.0 Å². The monoisotopic (exact) mass is 233 g/mol. The molecule has 1 aromatic rings. The van der Waals surface area contributed by atoms with Crippen molar-refractivity contribution in [1.82, 2.24) is 4.90 Å². The molecule has 5 heteroatoms. The van der Waals surface area contributed by atoms with Gasteiger partial charge in [-0.15, -0.1) is 0 Å². The van der Waals surface area contributed by atoms with Gasteiger partial charge in [-0.3, -0.25) is 9.59 Å². The Morgan fingerprint density at radius 3 is 2.53 bits per heavy atom. The first-order valence-electron chi connectivity index (χ1n) is 5.24. The standard InChI is InChI=1S/C12H11NO4/c14-10(9-4-2-1-3-5-9)6-7-13-11(15)8-17-12(13)16/h1-5H,6-8H2. The van der Waals surface area contributed by atoms with Gasteiger partial charge in [0.15, 0.2) is 12.4 Å². The molecule has 1 aromatic carbocycles. The van der Waals surface area contributed by atoms with Crippen LogP contribution < -0.4 is 0 Å². The molecule has 1 fully saturated rings. The summed E-state index contributed by atoms with van der Waals surface area (Å²) >= 11 is 0. The van der Waals surface area contributed by atoms with Crippen LogP contribution in [0.25, 0.3) is 0 Å². The second kappa shape index (κ2) is 4.78. The predicted octanol–water partition coefficient (Wildman–Crippen LogP) is 1.24. The lowest BCUT2D eigenvalue weighted by molar-refractivity contribution is -0.125. The second-order valence-electron chi connectivity index (χ2n) is 3.64. The predicted molar refractivity (Wildman–Crippen MR) is 58.5 cm³/mol. The summed E-state index contributed by atoms with van der Waals surface area (Å²) in [5, 5.41) is 0. The Bertz CT molecular complexity index is 439. The Morgan fingerprint density at radius 1 is 1.24 bits per heavy atom. The highest BCUT2D eigenvalue weighted by molar-refractivity contribution is 6.00. The molecule has 1 aliphatic rings. The number of carbonyl (C=O) groups is 3. The number of ketones is 1. The van der Waals surface area contributed by atoms with E-state index in [1.54, 1.807) is 24.3 Å². The molecule has 0 spiro atoms. The SMILES string of the molecule is O=C(CCN1C(=O)COC1=O)c1ccccc1. The number of ether oxygens (including phenoxy) is 1. The van der Waals surface area contributed by atoms with Crippen molar-refractivity contribution in [2.75, 3.05) is 13.2 Å². The third-order valence-electron chi connectivity index (χ3n) is 2.50. The number of rotatable bonds is 4. The second-order valence-corrected chi connectivity index (χ2v) is 3.64. The largest absolute Gasteiger partial charge is 0.439 e. The molecule has 0 bridgehead atoms. The minimum atomic E-state index is -0.670. The molecular weight excluding hydrogens is 222 g/mol. The van der Waals surface area contributed by atoms with Gasteiger partial charge in [-0.2, -0.15) is 0 Å². The maximum atomic E-state index is 11.7. The molecule has 5 nitrogen and oxygen atoms in total. The molecule has 2 amide bonds. The molecule has 1 aliphatic heterocycles. The van der Waals surface area contributed by atoms with Crippen LogP contribution in [0.3, 0.4) is 0 Å². The molecule has 0 aromatic heterocycles. The van der Waals surface area contributed by atoms with Crippen molar-refractivity contribution in [3.63, 3.8) is 0 Å². The van der Waals surface area contributed by atoms with Crippen LogP contribution in [0.1, 0.15) is 16.8 Å². The average Bonchev–Trinajstić information content (AvgIpc) is 2.67. The van der Waals surface area contributed by atoms with Crippen LogP contribution in [-0.2, 0) is 9.53 Å². The van der Waals surface area contributed by atoms with Crippen molar-refractivity contribution < 1.29 is 19.1 Å². The minimum Gasteiger partial charge on any atom is -0.439 e. The van der Waals surface area contributed by atoms with Gasteiger partial charge in [0.1, 0.15) is 0 Å². The zero-order valence-corrected chi connectivity index (χ0v) is 9.09. The van der Waals surface area contributed by atoms with Gasteiger partial charge in [0.2, 0.25) is 0 Å². The molecule has 88 valence electrons. The number of hydrogen-bond acceptors (Lipinski definition) is 4. The number of amides is 2. The maximum Gasteiger partial charge on any atom is 0.417 e. The molecule has 1 saturated heterocycles. The molecular formula is C12H11NO4. The molecule has 2 rings (SSSR count). The summed E-state index contributed by atoms with van der Waals surface area (Å²) in [5.74, 6) is -0.492. The Kier molecular flexibility index (Phi) is 3.18. The Hall–Kier alpha value is -2.17. The number of hydrogen-bond donors (Lipinski definition) is 0. The maximum absolute atomic E-state index is 11.7. The number of benzene rings is 1. The summed E-state index contributed by atoms with van der Waals surface area (Å²) in [6, 6.07) is 8.75. The molecule has 0 N–H and O–H groups in total. The Balaban J connectivity index is 1.93. The van der Waals surface area contributed by atoms with Crippen molar-refractivity contribution in [2.45, 2.75) is 6.42 Å². The quantitative estimate of drug-likeness (QED) is 0.734. The first kappa shape index (κ1) is 11.3. The van der Waals surface area contributed by atoms with E-state index in [0.717, 1.165) is 4.90 Å². The fraction of sp³-hybridized carbons (Fsp3) is 0.250. The van der Waals surface area contributed by atoms with Crippen molar-refractivity contribution in [1.29, 1.82) is 0 Å². The zero-order chi connectivity index (χ0) is 12.3. The summed E-state index contributed by atoms with van der Waals surface area (Å²) in [5.41, 5.74) is 0.576. The van der Waals surface area contributed by atoms with Crippen LogP contribution in [0, 0.1) is 0 Å². The van der Waals surface area contributed by atoms with E-state index in [0.29, 0.717) is 5.56 Å². The molecule has 0 atom stereocenters. The van der Waals surface area contributed by atoms with Crippen molar-refractivity contribution in [3.8, 4) is 0 Å². The number of imide groups is 1. The third-order valence-corrected chi connectivity index (χ3v) is 2.50. The Morgan fingerprint density at radius 2 is 1.94 bits per heavy atom. The summed E-state index contributed by atoms with van der Waals surface area (Å²) in [4.78, 5) is 35.0. The Labute approximate surface area is 98.0 Å². The lowest BCUT2D eigenvalue weighted by Crippen LogP contribution is -2.31. The number of Topliss-reactive ketones (excluding diaryl/α,β-unsaturated/α-hetero) is 1. The van der Waals surface area contributed by atoms with Gasteiger partial charge in [0, 0.05) is 18.5 Å². The van der Waals surface area contributed by atoms with Crippen LogP contribution >= 0.6 is 0 Å². The normalized spacial score (nSPS) is 14.9. The summed E-state index contributed by atoms with van der Waals surface area (Å²) in [7, 11) is 0. The van der Waals surface area contributed by atoms with E-state index in [1.165, 1.54) is 0 Å². The van der Waals surface area contributed by atoms with Crippen LogP contribution in [0.2, 0.25) is 0 Å². The highest BCUT2D eigenvalue weighted by Crippen LogP contribution is 2.08. The minimum absolute atomic E-state index is 0.0748. The highest BCUT2D eigenvalue weighted by Gasteiger charge is 2.30. The molecule has 17 heavy (non-hydrogen) atoms. The molecule has 0 aliphatic carbocycles. The molecule has 1 heterocycles. The molecule has 0 unspecified atom stereocenters. The van der Waals surface area contributed by atoms with Gasteiger partial charge >= 0.3 is 6.09 Å². The van der Waals surface area contributed by atoms with Crippen molar-refractivity contribution in [2.24, 2.45) is 0 Å². The lowest BCUT2D eigenvalue weighted by Gasteiger charge is -2.09. The summed E-state index contributed by atoms with van der Waals surface area (Å²) in [6.07, 6.45) is -0.555. The van der Waals surface area contributed by atoms with Crippen molar-refractivity contribution >= 4 is 17.8 Å². The van der Waals surface area contributed by atoms with Gasteiger partial charge in [-0.1, -0.05) is 30.3 Å². The van der Waals surface area contributed by atoms with E-state index in [9.17, 15) is 14.4 Å². The molecule has 0 radical (unpaired) electrons. The summed E-state index contributed by atoms with van der Waals surface area (Å²) < 4.78 is 4.54. The highest BCUT2D eigenvalue weighted by atomic mass is 16.6. The average molecular weight is 233 g/mol. The van der Waals surface area contributed by atoms with Crippen LogP contribution in [0.5, 0.6) is 0 Å². The number of carbonyl (C=O) groups excluding carboxylic acids is 3. The summed E-state index contributed by atoms with van der Waals surface area (Å²) in [6.45, 7) is -0.149. The first-order valence-corrected chi connectivity index (χ1v) is 5.24. The lowest BCUT2D eigenvalue weighted by atomic mass is 10.1. The van der Waals surface area contributed by atoms with Gasteiger partial charge < -0.3 is 4.74 Å². The van der Waals surface area contributed by atoms with Crippen molar-refractivity contribution in [3.05, 3.63) is 35.9 Å². The van der Waals surface area contributed by atoms with E-state index >= 15 is 0 Å². The van der Waals surface area contributed by atoms with Gasteiger partial charge in [-0.25, -0.2) is 9.69 Å². The van der Waals surface area contributed by atoms with E-state index in [4.69, 9.17) is 0 Å². The van der Waals surface area contributed by atoms with Crippen LogP contribution in [0.4, 0.5) is 4.79 Å². The van der Waals surface area contributed by atoms with E-state index in [1.807, 2.05) is 6.07 Å². The third kappa shape index (κ3) is 2.50. The van der Waals surface area contributed by atoms with Crippen LogP contribution in [0.15, 0.2) is 30.3 Å². The molecule has 0 saturated carbocycles. The van der Waals surface area contributed by atoms with Gasteiger partial charge in [0.25, 0.3) is 5.91 Å². The van der Waals surface area contributed by atoms with E-state index in [2.05, 4.69) is 4.74 Å². The first-order chi connectivity index (χ1) is 8.18. The van der Waals surface area contributed by atoms with Gasteiger partial charge in [0.05, 0.1) is 0 Å².